The number of nitrogens with zero attached hydrogens (tertiary/aromatic N) is 2. The molecule has 40 heavy (non-hydrogen) atoms. The summed E-state index contributed by atoms with van der Waals surface area (Å²) >= 11 is 0. The topological polar surface area (TPSA) is 77.5 Å². The molecule has 0 saturated heterocycles. The van der Waals surface area contributed by atoms with Crippen LogP contribution in [0.15, 0.2) is 36.7 Å². The van der Waals surface area contributed by atoms with Crippen LogP contribution in [0, 0.1) is 5.41 Å². The first kappa shape index (κ1) is 33.8. The largest absolute Gasteiger partial charge is 0.491 e. The molecule has 0 aliphatic rings. The molecule has 0 aromatic carbocycles. The number of hydrogen-bond donors (Lipinski definition) is 2. The summed E-state index contributed by atoms with van der Waals surface area (Å²) in [7, 11) is 0. The SMILES string of the molecule is CC(CCNC(C)(C)C)Oc1ccnc(C(C)(C)CCC(C)(C)NCCOc2ccc(OCC(C)(C)C)cn2)c1. The number of pyridine rings is 2. The summed E-state index contributed by atoms with van der Waals surface area (Å²) in [6.07, 6.45) is 6.67. The summed E-state index contributed by atoms with van der Waals surface area (Å²) in [4.78, 5) is 9.07. The maximum atomic E-state index is 6.23. The van der Waals surface area contributed by atoms with E-state index in [1.807, 2.05) is 24.4 Å². The van der Waals surface area contributed by atoms with Crippen molar-refractivity contribution in [3.8, 4) is 17.4 Å². The fourth-order valence-electron chi connectivity index (χ4n) is 4.02. The van der Waals surface area contributed by atoms with Gasteiger partial charge in [-0.05, 0) is 84.9 Å². The normalized spacial score (nSPS) is 13.7. The number of rotatable bonds is 16. The Labute approximate surface area is 244 Å². The van der Waals surface area contributed by atoms with Crippen LogP contribution in [-0.4, -0.2) is 53.5 Å². The zero-order valence-electron chi connectivity index (χ0n) is 27.1. The zero-order valence-corrected chi connectivity index (χ0v) is 27.1. The summed E-state index contributed by atoms with van der Waals surface area (Å²) in [5.41, 5.74) is 1.17. The second-order valence-corrected chi connectivity index (χ2v) is 14.5. The Morgan fingerprint density at radius 2 is 1.52 bits per heavy atom. The summed E-state index contributed by atoms with van der Waals surface area (Å²) in [6, 6.07) is 7.83. The molecule has 2 N–H and O–H groups in total. The molecule has 2 heterocycles. The third kappa shape index (κ3) is 13.8. The van der Waals surface area contributed by atoms with E-state index in [4.69, 9.17) is 19.2 Å². The molecule has 2 aromatic heterocycles. The number of nitrogens with one attached hydrogen (secondary N) is 2. The van der Waals surface area contributed by atoms with Gasteiger partial charge in [-0.25, -0.2) is 4.98 Å². The second-order valence-electron chi connectivity index (χ2n) is 14.5. The van der Waals surface area contributed by atoms with Crippen LogP contribution in [0.25, 0.3) is 0 Å². The van der Waals surface area contributed by atoms with Crippen molar-refractivity contribution in [3.63, 3.8) is 0 Å². The number of hydrogen-bond acceptors (Lipinski definition) is 7. The van der Waals surface area contributed by atoms with Crippen LogP contribution in [0.4, 0.5) is 0 Å². The molecule has 1 atom stereocenters. The lowest BCUT2D eigenvalue weighted by molar-refractivity contribution is 0.196. The Morgan fingerprint density at radius 1 is 0.800 bits per heavy atom. The molecular weight excluding hydrogens is 500 g/mol. The predicted molar refractivity (Wildman–Crippen MR) is 166 cm³/mol. The van der Waals surface area contributed by atoms with Gasteiger partial charge < -0.3 is 24.8 Å². The van der Waals surface area contributed by atoms with Crippen molar-refractivity contribution >= 4 is 0 Å². The average Bonchev–Trinajstić information content (AvgIpc) is 2.84. The van der Waals surface area contributed by atoms with Crippen LogP contribution in [0.1, 0.15) is 101 Å². The van der Waals surface area contributed by atoms with E-state index in [1.54, 1.807) is 6.20 Å². The highest BCUT2D eigenvalue weighted by atomic mass is 16.5. The molecule has 0 aliphatic carbocycles. The maximum absolute atomic E-state index is 6.23. The Morgan fingerprint density at radius 3 is 2.15 bits per heavy atom. The third-order valence-corrected chi connectivity index (χ3v) is 6.68. The van der Waals surface area contributed by atoms with Crippen molar-refractivity contribution in [2.45, 2.75) is 118 Å². The van der Waals surface area contributed by atoms with E-state index < -0.39 is 0 Å². The van der Waals surface area contributed by atoms with Crippen LogP contribution >= 0.6 is 0 Å². The van der Waals surface area contributed by atoms with Crippen molar-refractivity contribution in [2.24, 2.45) is 5.41 Å². The number of aromatic nitrogens is 2. The van der Waals surface area contributed by atoms with Crippen molar-refractivity contribution < 1.29 is 14.2 Å². The molecule has 0 amide bonds. The van der Waals surface area contributed by atoms with E-state index >= 15 is 0 Å². The van der Waals surface area contributed by atoms with Crippen molar-refractivity contribution in [1.29, 1.82) is 0 Å². The van der Waals surface area contributed by atoms with Gasteiger partial charge in [0.1, 0.15) is 18.1 Å². The van der Waals surface area contributed by atoms with Crippen molar-refractivity contribution in [3.05, 3.63) is 42.4 Å². The van der Waals surface area contributed by atoms with Crippen molar-refractivity contribution in [1.82, 2.24) is 20.6 Å². The van der Waals surface area contributed by atoms with Gasteiger partial charge in [0.2, 0.25) is 5.88 Å². The summed E-state index contributed by atoms with van der Waals surface area (Å²) in [6.45, 7) is 27.0. The molecule has 0 spiro atoms. The van der Waals surface area contributed by atoms with Crippen LogP contribution in [-0.2, 0) is 5.41 Å². The molecule has 2 aromatic rings. The van der Waals surface area contributed by atoms with Gasteiger partial charge in [-0.3, -0.25) is 4.98 Å². The summed E-state index contributed by atoms with van der Waals surface area (Å²) < 4.78 is 17.9. The molecule has 226 valence electrons. The highest BCUT2D eigenvalue weighted by molar-refractivity contribution is 5.27. The van der Waals surface area contributed by atoms with Crippen LogP contribution in [0.5, 0.6) is 17.4 Å². The van der Waals surface area contributed by atoms with Gasteiger partial charge in [0, 0.05) is 47.1 Å². The second kappa shape index (κ2) is 14.5. The Kier molecular flexibility index (Phi) is 12.3. The smallest absolute Gasteiger partial charge is 0.213 e. The minimum absolute atomic E-state index is 0.0403. The molecule has 0 bridgehead atoms. The first-order valence-corrected chi connectivity index (χ1v) is 14.8. The highest BCUT2D eigenvalue weighted by Gasteiger charge is 2.27. The van der Waals surface area contributed by atoms with Crippen molar-refractivity contribution in [2.75, 3.05) is 26.3 Å². The van der Waals surface area contributed by atoms with Crippen LogP contribution < -0.4 is 24.8 Å². The molecule has 2 rings (SSSR count). The molecule has 0 aliphatic heterocycles. The fraction of sp³-hybridized carbons (Fsp3) is 0.697. The molecular formula is C33H56N4O3. The lowest BCUT2D eigenvalue weighted by atomic mass is 9.80. The van der Waals surface area contributed by atoms with E-state index in [9.17, 15) is 0 Å². The zero-order chi connectivity index (χ0) is 30.0. The lowest BCUT2D eigenvalue weighted by Gasteiger charge is -2.32. The highest BCUT2D eigenvalue weighted by Crippen LogP contribution is 2.31. The minimum Gasteiger partial charge on any atom is -0.491 e. The van der Waals surface area contributed by atoms with Crippen LogP contribution in [0.3, 0.4) is 0 Å². The van der Waals surface area contributed by atoms with E-state index in [0.29, 0.717) is 19.1 Å². The Balaban J connectivity index is 1.77. The first-order valence-electron chi connectivity index (χ1n) is 14.8. The molecule has 7 nitrogen and oxygen atoms in total. The fourth-order valence-corrected chi connectivity index (χ4v) is 4.02. The lowest BCUT2D eigenvalue weighted by Crippen LogP contribution is -2.42. The van der Waals surface area contributed by atoms with Crippen LogP contribution in [0.2, 0.25) is 0 Å². The monoisotopic (exact) mass is 556 g/mol. The van der Waals surface area contributed by atoms with Gasteiger partial charge in [-0.1, -0.05) is 34.6 Å². The third-order valence-electron chi connectivity index (χ3n) is 6.68. The molecule has 7 heteroatoms. The van der Waals surface area contributed by atoms with Gasteiger partial charge in [0.15, 0.2) is 0 Å². The molecule has 0 radical (unpaired) electrons. The minimum atomic E-state index is -0.0768. The Bertz CT molecular complexity index is 1010. The van der Waals surface area contributed by atoms with E-state index in [-0.39, 0.29) is 28.0 Å². The quantitative estimate of drug-likeness (QED) is 0.217. The maximum Gasteiger partial charge on any atom is 0.213 e. The van der Waals surface area contributed by atoms with E-state index in [2.05, 4.69) is 97.8 Å². The van der Waals surface area contributed by atoms with Gasteiger partial charge in [0.25, 0.3) is 0 Å². The van der Waals surface area contributed by atoms with Gasteiger partial charge in [-0.15, -0.1) is 0 Å². The summed E-state index contributed by atoms with van der Waals surface area (Å²) in [5, 5.41) is 7.17. The number of ether oxygens (including phenoxy) is 3. The van der Waals surface area contributed by atoms with Gasteiger partial charge >= 0.3 is 0 Å². The predicted octanol–water partition coefficient (Wildman–Crippen LogP) is 6.95. The standard InChI is InChI=1S/C33H56N4O3/c1-25(14-19-36-31(5,6)7)40-26-15-18-34-28(22-26)32(8,9)16-17-33(10,11)37-20-21-38-29-13-12-27(23-35-29)39-24-30(2,3)4/h12-13,15,18,22-23,25,36-37H,14,16-17,19-21,24H2,1-11H3. The van der Waals surface area contributed by atoms with E-state index in [0.717, 1.165) is 49.5 Å². The van der Waals surface area contributed by atoms with Gasteiger partial charge in [-0.2, -0.15) is 0 Å². The van der Waals surface area contributed by atoms with E-state index in [1.165, 1.54) is 0 Å². The average molecular weight is 557 g/mol. The summed E-state index contributed by atoms with van der Waals surface area (Å²) in [5.74, 6) is 2.26. The molecule has 1 unspecified atom stereocenters. The molecule has 0 saturated carbocycles. The Hall–Kier alpha value is -2.38. The first-order chi connectivity index (χ1) is 18.4. The molecule has 0 fully saturated rings. The van der Waals surface area contributed by atoms with Gasteiger partial charge in [0.05, 0.1) is 18.9 Å².